The molecular formula is C19H26N6OS. The fourth-order valence-corrected chi connectivity index (χ4v) is 3.77. The molecule has 0 spiro atoms. The molecule has 1 unspecified atom stereocenters. The van der Waals surface area contributed by atoms with Gasteiger partial charge < -0.3 is 10.1 Å². The lowest BCUT2D eigenvalue weighted by molar-refractivity contribution is 0.148. The van der Waals surface area contributed by atoms with E-state index in [1.807, 2.05) is 11.6 Å². The zero-order valence-electron chi connectivity index (χ0n) is 16.7. The maximum Gasteiger partial charge on any atom is 0.184 e. The van der Waals surface area contributed by atoms with Crippen molar-refractivity contribution < 1.29 is 4.74 Å². The Kier molecular flexibility index (Phi) is 5.96. The van der Waals surface area contributed by atoms with E-state index in [4.69, 9.17) is 4.74 Å². The first-order valence-electron chi connectivity index (χ1n) is 8.99. The van der Waals surface area contributed by atoms with Crippen LogP contribution in [-0.4, -0.2) is 44.9 Å². The summed E-state index contributed by atoms with van der Waals surface area (Å²) in [6.45, 7) is 8.75. The molecule has 7 nitrogen and oxygen atoms in total. The Labute approximate surface area is 163 Å². The Bertz CT molecular complexity index is 932. The maximum absolute atomic E-state index is 5.33. The first-order chi connectivity index (χ1) is 13.0. The summed E-state index contributed by atoms with van der Waals surface area (Å²) in [5.41, 5.74) is 4.78. The molecule has 0 saturated carbocycles. The Morgan fingerprint density at radius 3 is 2.48 bits per heavy atom. The van der Waals surface area contributed by atoms with Gasteiger partial charge in [-0.1, -0.05) is 12.1 Å². The third-order valence-electron chi connectivity index (χ3n) is 4.60. The van der Waals surface area contributed by atoms with Crippen LogP contribution in [0.25, 0.3) is 11.2 Å². The van der Waals surface area contributed by atoms with E-state index in [9.17, 15) is 0 Å². The number of hydrogen-bond acceptors (Lipinski definition) is 7. The summed E-state index contributed by atoms with van der Waals surface area (Å²) in [4.78, 5) is 10.4. The van der Waals surface area contributed by atoms with Crippen molar-refractivity contribution in [2.75, 3.05) is 25.3 Å². The van der Waals surface area contributed by atoms with E-state index < -0.39 is 0 Å². The summed E-state index contributed by atoms with van der Waals surface area (Å²) in [5.74, 6) is 1.36. The third kappa shape index (κ3) is 3.91. The molecule has 2 heterocycles. The number of ether oxygens (including phenoxy) is 1. The van der Waals surface area contributed by atoms with E-state index in [-0.39, 0.29) is 6.04 Å². The van der Waals surface area contributed by atoms with Crippen molar-refractivity contribution in [3.8, 4) is 0 Å². The van der Waals surface area contributed by atoms with E-state index in [2.05, 4.69) is 64.8 Å². The van der Waals surface area contributed by atoms with Gasteiger partial charge >= 0.3 is 0 Å². The molecule has 144 valence electrons. The SMILES string of the molecule is CCC(COC)n1nnc2c(Nc3c(C)cc(SC)cc3C)nc(C)nc21. The number of hydrogen-bond donors (Lipinski definition) is 1. The topological polar surface area (TPSA) is 77.8 Å². The van der Waals surface area contributed by atoms with Crippen molar-refractivity contribution in [2.24, 2.45) is 0 Å². The standard InChI is InChI=1S/C19H26N6OS/c1-7-14(10-26-5)25-19-17(23-24-25)18(20-13(4)21-19)22-16-11(2)8-15(27-6)9-12(16)3/h8-9,14H,7,10H2,1-6H3,(H,20,21,22). The van der Waals surface area contributed by atoms with Gasteiger partial charge in [-0.25, -0.2) is 14.6 Å². The lowest BCUT2D eigenvalue weighted by atomic mass is 10.1. The number of methoxy groups -OCH3 is 1. The number of nitrogens with zero attached hydrogens (tertiary/aromatic N) is 5. The van der Waals surface area contributed by atoms with Gasteiger partial charge in [0.1, 0.15) is 5.82 Å². The van der Waals surface area contributed by atoms with Gasteiger partial charge in [-0.3, -0.25) is 0 Å². The van der Waals surface area contributed by atoms with E-state index in [0.717, 1.165) is 17.8 Å². The van der Waals surface area contributed by atoms with Crippen LogP contribution in [0.15, 0.2) is 17.0 Å². The number of fused-ring (bicyclic) bond motifs is 1. The molecule has 1 aromatic carbocycles. The van der Waals surface area contributed by atoms with Crippen molar-refractivity contribution in [2.45, 2.75) is 45.1 Å². The van der Waals surface area contributed by atoms with Gasteiger partial charge in [0.25, 0.3) is 0 Å². The van der Waals surface area contributed by atoms with Crippen LogP contribution < -0.4 is 5.32 Å². The first-order valence-corrected chi connectivity index (χ1v) is 10.2. The summed E-state index contributed by atoms with van der Waals surface area (Å²) in [6, 6.07) is 4.44. The minimum atomic E-state index is 0.0893. The molecule has 0 bridgehead atoms. The highest BCUT2D eigenvalue weighted by Crippen LogP contribution is 2.31. The van der Waals surface area contributed by atoms with E-state index in [1.54, 1.807) is 18.9 Å². The second-order valence-corrected chi connectivity index (χ2v) is 7.48. The van der Waals surface area contributed by atoms with Crippen LogP contribution in [0.5, 0.6) is 0 Å². The highest BCUT2D eigenvalue weighted by molar-refractivity contribution is 7.98. The fraction of sp³-hybridized carbons (Fsp3) is 0.474. The van der Waals surface area contributed by atoms with Crippen LogP contribution in [0, 0.1) is 20.8 Å². The Morgan fingerprint density at radius 2 is 1.89 bits per heavy atom. The summed E-state index contributed by atoms with van der Waals surface area (Å²) in [5, 5.41) is 12.2. The number of nitrogens with one attached hydrogen (secondary N) is 1. The quantitative estimate of drug-likeness (QED) is 0.609. The summed E-state index contributed by atoms with van der Waals surface area (Å²) in [6.07, 6.45) is 2.97. The van der Waals surface area contributed by atoms with Crippen LogP contribution in [0.1, 0.15) is 36.3 Å². The van der Waals surface area contributed by atoms with Gasteiger partial charge in [0.15, 0.2) is 17.0 Å². The predicted molar refractivity (Wildman–Crippen MR) is 110 cm³/mol. The van der Waals surface area contributed by atoms with Gasteiger partial charge in [-0.15, -0.1) is 16.9 Å². The number of anilines is 2. The Balaban J connectivity index is 2.07. The zero-order valence-corrected chi connectivity index (χ0v) is 17.5. The van der Waals surface area contributed by atoms with Gasteiger partial charge in [0, 0.05) is 17.7 Å². The predicted octanol–water partition coefficient (Wildman–Crippen LogP) is 4.21. The van der Waals surface area contributed by atoms with E-state index in [1.165, 1.54) is 16.0 Å². The van der Waals surface area contributed by atoms with Crippen molar-refractivity contribution in [1.82, 2.24) is 25.0 Å². The largest absolute Gasteiger partial charge is 0.382 e. The van der Waals surface area contributed by atoms with Gasteiger partial charge in [0.2, 0.25) is 0 Å². The maximum atomic E-state index is 5.33. The highest BCUT2D eigenvalue weighted by Gasteiger charge is 2.19. The molecule has 1 N–H and O–H groups in total. The highest BCUT2D eigenvalue weighted by atomic mass is 32.2. The lowest BCUT2D eigenvalue weighted by Gasteiger charge is -2.15. The molecule has 0 amide bonds. The average Bonchev–Trinajstić information content (AvgIpc) is 3.06. The molecule has 0 aliphatic rings. The van der Waals surface area contributed by atoms with E-state index >= 15 is 0 Å². The molecule has 8 heteroatoms. The van der Waals surface area contributed by atoms with Crippen molar-refractivity contribution >= 4 is 34.4 Å². The Morgan fingerprint density at radius 1 is 1.19 bits per heavy atom. The normalized spacial score (nSPS) is 12.5. The summed E-state index contributed by atoms with van der Waals surface area (Å²) >= 11 is 1.74. The number of rotatable bonds is 7. The minimum Gasteiger partial charge on any atom is -0.382 e. The van der Waals surface area contributed by atoms with Crippen LogP contribution in [0.2, 0.25) is 0 Å². The molecule has 27 heavy (non-hydrogen) atoms. The number of thioether (sulfide) groups is 1. The number of aryl methyl sites for hydroxylation is 3. The molecule has 0 aliphatic carbocycles. The fourth-order valence-electron chi connectivity index (χ4n) is 3.18. The molecular weight excluding hydrogens is 360 g/mol. The average molecular weight is 387 g/mol. The first kappa shape index (κ1) is 19.6. The van der Waals surface area contributed by atoms with Crippen molar-refractivity contribution in [1.29, 1.82) is 0 Å². The van der Waals surface area contributed by atoms with Crippen molar-refractivity contribution in [3.05, 3.63) is 29.1 Å². The molecule has 1 atom stereocenters. The molecule has 2 aromatic heterocycles. The van der Waals surface area contributed by atoms with E-state index in [0.29, 0.717) is 23.8 Å². The monoisotopic (exact) mass is 386 g/mol. The van der Waals surface area contributed by atoms with Crippen LogP contribution >= 0.6 is 11.8 Å². The van der Waals surface area contributed by atoms with Gasteiger partial charge in [-0.05, 0) is 56.7 Å². The van der Waals surface area contributed by atoms with Crippen LogP contribution in [0.4, 0.5) is 11.5 Å². The zero-order chi connectivity index (χ0) is 19.6. The lowest BCUT2D eigenvalue weighted by Crippen LogP contribution is -2.16. The smallest absolute Gasteiger partial charge is 0.184 e. The molecule has 0 fully saturated rings. The minimum absolute atomic E-state index is 0.0893. The molecule has 0 saturated heterocycles. The second-order valence-electron chi connectivity index (χ2n) is 6.60. The second kappa shape index (κ2) is 8.22. The molecule has 3 rings (SSSR count). The van der Waals surface area contributed by atoms with Crippen LogP contribution in [-0.2, 0) is 4.74 Å². The number of aromatic nitrogens is 5. The van der Waals surface area contributed by atoms with Gasteiger partial charge in [0.05, 0.1) is 12.6 Å². The van der Waals surface area contributed by atoms with Crippen molar-refractivity contribution in [3.63, 3.8) is 0 Å². The summed E-state index contributed by atoms with van der Waals surface area (Å²) < 4.78 is 7.17. The molecule has 0 radical (unpaired) electrons. The molecule has 0 aliphatic heterocycles. The van der Waals surface area contributed by atoms with Gasteiger partial charge in [-0.2, -0.15) is 0 Å². The summed E-state index contributed by atoms with van der Waals surface area (Å²) in [7, 11) is 1.69. The number of benzene rings is 1. The third-order valence-corrected chi connectivity index (χ3v) is 5.30. The Hall–Kier alpha value is -2.19. The van der Waals surface area contributed by atoms with Crippen LogP contribution in [0.3, 0.4) is 0 Å². The molecule has 3 aromatic rings.